The quantitative estimate of drug-likeness (QED) is 0.662. The van der Waals surface area contributed by atoms with Gasteiger partial charge in [-0.2, -0.15) is 0 Å². The van der Waals surface area contributed by atoms with Crippen molar-refractivity contribution in [3.63, 3.8) is 0 Å². The molecular formula is C22H31NO5. The molecule has 1 aliphatic rings. The molecule has 6 nitrogen and oxygen atoms in total. The second-order valence-corrected chi connectivity index (χ2v) is 7.20. The summed E-state index contributed by atoms with van der Waals surface area (Å²) in [5, 5.41) is 9.58. The van der Waals surface area contributed by atoms with Crippen molar-refractivity contribution in [3.05, 3.63) is 41.5 Å². The highest BCUT2D eigenvalue weighted by Crippen LogP contribution is 2.28. The van der Waals surface area contributed by atoms with Crippen molar-refractivity contribution in [1.82, 2.24) is 4.90 Å². The molecule has 1 aromatic rings. The normalized spacial score (nSPS) is 19.0. The minimum atomic E-state index is -0.962. The fourth-order valence-electron chi connectivity index (χ4n) is 3.47. The Labute approximate surface area is 167 Å². The predicted molar refractivity (Wildman–Crippen MR) is 107 cm³/mol. The molecule has 0 aromatic heterocycles. The van der Waals surface area contributed by atoms with Gasteiger partial charge in [0.25, 0.3) is 0 Å². The van der Waals surface area contributed by atoms with Crippen LogP contribution in [-0.4, -0.2) is 54.3 Å². The van der Waals surface area contributed by atoms with Gasteiger partial charge in [-0.1, -0.05) is 31.5 Å². The Morgan fingerprint density at radius 2 is 2.04 bits per heavy atom. The molecule has 0 radical (unpaired) electrons. The van der Waals surface area contributed by atoms with E-state index in [9.17, 15) is 14.7 Å². The zero-order chi connectivity index (χ0) is 20.5. The predicted octanol–water partition coefficient (Wildman–Crippen LogP) is 3.58. The molecule has 28 heavy (non-hydrogen) atoms. The maximum absolute atomic E-state index is 12.8. The van der Waals surface area contributed by atoms with Crippen molar-refractivity contribution < 1.29 is 24.2 Å². The van der Waals surface area contributed by atoms with E-state index in [0.717, 1.165) is 24.2 Å². The number of aryl methyl sites for hydroxylation is 1. The van der Waals surface area contributed by atoms with Crippen LogP contribution in [0.25, 0.3) is 0 Å². The molecule has 0 saturated heterocycles. The maximum atomic E-state index is 12.8. The van der Waals surface area contributed by atoms with E-state index in [-0.39, 0.29) is 11.9 Å². The van der Waals surface area contributed by atoms with Crippen LogP contribution in [0.5, 0.6) is 5.75 Å². The maximum Gasteiger partial charge on any atom is 0.331 e. The lowest BCUT2D eigenvalue weighted by atomic mass is 9.91. The van der Waals surface area contributed by atoms with Crippen molar-refractivity contribution >= 4 is 11.9 Å². The van der Waals surface area contributed by atoms with Gasteiger partial charge in [0, 0.05) is 38.1 Å². The molecule has 1 aliphatic carbocycles. The summed E-state index contributed by atoms with van der Waals surface area (Å²) in [5.41, 5.74) is 1.28. The molecule has 0 spiro atoms. The topological polar surface area (TPSA) is 76.1 Å². The van der Waals surface area contributed by atoms with Gasteiger partial charge in [-0.25, -0.2) is 4.79 Å². The van der Waals surface area contributed by atoms with Crippen LogP contribution >= 0.6 is 0 Å². The van der Waals surface area contributed by atoms with E-state index in [0.29, 0.717) is 38.0 Å². The summed E-state index contributed by atoms with van der Waals surface area (Å²) in [6.07, 6.45) is 4.39. The van der Waals surface area contributed by atoms with Crippen LogP contribution in [0.15, 0.2) is 35.9 Å². The minimum Gasteiger partial charge on any atom is -0.486 e. The number of hydrogen-bond acceptors (Lipinski definition) is 4. The molecule has 154 valence electrons. The Balaban J connectivity index is 2.22. The summed E-state index contributed by atoms with van der Waals surface area (Å²) in [6.45, 7) is 4.87. The van der Waals surface area contributed by atoms with Crippen LogP contribution in [-0.2, 0) is 14.3 Å². The largest absolute Gasteiger partial charge is 0.486 e. The zero-order valence-electron chi connectivity index (χ0n) is 17.0. The van der Waals surface area contributed by atoms with Crippen molar-refractivity contribution in [3.8, 4) is 5.75 Å². The number of rotatable bonds is 10. The first-order valence-electron chi connectivity index (χ1n) is 9.90. The number of carbonyl (C=O) groups excluding carboxylic acids is 1. The van der Waals surface area contributed by atoms with Crippen molar-refractivity contribution in [2.24, 2.45) is 0 Å². The highest BCUT2D eigenvalue weighted by molar-refractivity contribution is 5.87. The third-order valence-corrected chi connectivity index (χ3v) is 5.04. The Morgan fingerprint density at radius 1 is 1.29 bits per heavy atom. The van der Waals surface area contributed by atoms with Crippen molar-refractivity contribution in [1.29, 1.82) is 0 Å². The van der Waals surface area contributed by atoms with Crippen molar-refractivity contribution in [2.75, 3.05) is 20.3 Å². The molecule has 1 N–H and O–H groups in total. The number of methoxy groups -OCH3 is 1. The number of amides is 1. The molecule has 1 aromatic carbocycles. The number of carboxylic acids is 1. The lowest BCUT2D eigenvalue weighted by molar-refractivity contribution is -0.137. The van der Waals surface area contributed by atoms with E-state index >= 15 is 0 Å². The zero-order valence-corrected chi connectivity index (χ0v) is 17.0. The first-order valence-corrected chi connectivity index (χ1v) is 9.90. The lowest BCUT2D eigenvalue weighted by Crippen LogP contribution is -2.46. The average Bonchev–Trinajstić information content (AvgIpc) is 2.68. The van der Waals surface area contributed by atoms with Gasteiger partial charge < -0.3 is 19.5 Å². The van der Waals surface area contributed by atoms with Gasteiger partial charge in [-0.15, -0.1) is 0 Å². The van der Waals surface area contributed by atoms with Crippen LogP contribution < -0.4 is 4.74 Å². The number of carbonyl (C=O) groups is 2. The number of para-hydroxylation sites is 1. The molecular weight excluding hydrogens is 358 g/mol. The van der Waals surface area contributed by atoms with Gasteiger partial charge >= 0.3 is 5.97 Å². The Bertz CT molecular complexity index is 700. The van der Waals surface area contributed by atoms with Gasteiger partial charge in [-0.3, -0.25) is 4.79 Å². The van der Waals surface area contributed by atoms with E-state index in [1.165, 1.54) is 0 Å². The van der Waals surface area contributed by atoms with Gasteiger partial charge in [0.1, 0.15) is 11.9 Å². The molecule has 2 unspecified atom stereocenters. The highest BCUT2D eigenvalue weighted by atomic mass is 16.5. The van der Waals surface area contributed by atoms with Crippen LogP contribution in [0.1, 0.15) is 44.6 Å². The summed E-state index contributed by atoms with van der Waals surface area (Å²) in [7, 11) is 1.60. The van der Waals surface area contributed by atoms with E-state index in [4.69, 9.17) is 9.47 Å². The molecule has 0 fully saturated rings. The number of hydrogen-bond donors (Lipinski definition) is 1. The monoisotopic (exact) mass is 389 g/mol. The number of unbranched alkanes of at least 4 members (excludes halogenated alkanes) is 1. The molecule has 2 rings (SSSR count). The fourth-order valence-corrected chi connectivity index (χ4v) is 3.47. The summed E-state index contributed by atoms with van der Waals surface area (Å²) in [4.78, 5) is 26.2. The molecule has 0 saturated carbocycles. The average molecular weight is 389 g/mol. The second kappa shape index (κ2) is 10.9. The van der Waals surface area contributed by atoms with Crippen LogP contribution in [0, 0.1) is 6.92 Å². The van der Waals surface area contributed by atoms with Gasteiger partial charge in [0.15, 0.2) is 0 Å². The Hall–Kier alpha value is -2.34. The van der Waals surface area contributed by atoms with Gasteiger partial charge in [0.05, 0.1) is 6.61 Å². The number of ether oxygens (including phenoxy) is 2. The van der Waals surface area contributed by atoms with Crippen molar-refractivity contribution in [2.45, 2.75) is 58.1 Å². The highest BCUT2D eigenvalue weighted by Gasteiger charge is 2.32. The third kappa shape index (κ3) is 6.09. The molecule has 1 amide bonds. The van der Waals surface area contributed by atoms with E-state index in [1.54, 1.807) is 18.1 Å². The molecule has 0 bridgehead atoms. The Morgan fingerprint density at radius 3 is 2.68 bits per heavy atom. The summed E-state index contributed by atoms with van der Waals surface area (Å²) >= 11 is 0. The van der Waals surface area contributed by atoms with E-state index < -0.39 is 12.1 Å². The number of nitrogens with zero attached hydrogens (tertiary/aromatic N) is 1. The number of carboxylic acid groups (broad SMARTS) is 1. The molecule has 0 aliphatic heterocycles. The van der Waals surface area contributed by atoms with Gasteiger partial charge in [0.2, 0.25) is 5.91 Å². The fraction of sp³-hybridized carbons (Fsp3) is 0.545. The first kappa shape index (κ1) is 22.0. The third-order valence-electron chi connectivity index (χ3n) is 5.04. The van der Waals surface area contributed by atoms with Crippen LogP contribution in [0.4, 0.5) is 0 Å². The van der Waals surface area contributed by atoms with Crippen LogP contribution in [0.2, 0.25) is 0 Å². The smallest absolute Gasteiger partial charge is 0.331 e. The number of benzene rings is 1. The van der Waals surface area contributed by atoms with E-state index in [2.05, 4.69) is 0 Å². The standard InChI is InChI=1S/C22H31NO5/c1-4-5-10-21(24)23(11-12-27-3)18-13-17(22(25)26)14-19(15-18)28-20-9-7-6-8-16(20)2/h6-9,14,18-19H,4-5,10-13,15H2,1-3H3,(H,25,26). The SMILES string of the molecule is CCCCC(=O)N(CCOC)C1CC(C(=O)O)=CC(Oc2ccccc2C)C1. The van der Waals surface area contributed by atoms with E-state index in [1.807, 2.05) is 38.1 Å². The second-order valence-electron chi connectivity index (χ2n) is 7.20. The minimum absolute atomic E-state index is 0.0465. The summed E-state index contributed by atoms with van der Waals surface area (Å²) in [5.74, 6) is -0.184. The summed E-state index contributed by atoms with van der Waals surface area (Å²) in [6, 6.07) is 7.44. The lowest BCUT2D eigenvalue weighted by Gasteiger charge is -2.36. The summed E-state index contributed by atoms with van der Waals surface area (Å²) < 4.78 is 11.3. The Kier molecular flexibility index (Phi) is 8.51. The van der Waals surface area contributed by atoms with Crippen LogP contribution in [0.3, 0.4) is 0 Å². The molecule has 6 heteroatoms. The van der Waals surface area contributed by atoms with Gasteiger partial charge in [-0.05, 0) is 37.5 Å². The number of aliphatic carboxylic acids is 1. The first-order chi connectivity index (χ1) is 13.5. The molecule has 2 atom stereocenters. The molecule has 0 heterocycles.